The Kier molecular flexibility index (Phi) is 4.39. The number of hydrogen-bond acceptors (Lipinski definition) is 3. The van der Waals surface area contributed by atoms with Gasteiger partial charge in [0.2, 0.25) is 5.91 Å². The molecule has 1 saturated heterocycles. The second-order valence-electron chi connectivity index (χ2n) is 5.44. The van der Waals surface area contributed by atoms with Gasteiger partial charge in [-0.3, -0.25) is 4.79 Å². The van der Waals surface area contributed by atoms with Gasteiger partial charge in [0, 0.05) is 6.54 Å². The van der Waals surface area contributed by atoms with Crippen molar-refractivity contribution in [2.45, 2.75) is 18.8 Å². The molecule has 3 rings (SSSR count). The Morgan fingerprint density at radius 2 is 1.82 bits per heavy atom. The molecule has 0 bridgehead atoms. The zero-order chi connectivity index (χ0) is 15.5. The summed E-state index contributed by atoms with van der Waals surface area (Å²) < 4.78 is 5.20. The van der Waals surface area contributed by atoms with Crippen LogP contribution in [0.25, 0.3) is 0 Å². The van der Waals surface area contributed by atoms with Crippen LogP contribution in [0.4, 0.5) is 0 Å². The van der Waals surface area contributed by atoms with E-state index in [0.717, 1.165) is 11.3 Å². The molecule has 1 amide bonds. The van der Waals surface area contributed by atoms with Crippen LogP contribution in [0.3, 0.4) is 0 Å². The molecular formula is C18H19NO2S. The van der Waals surface area contributed by atoms with E-state index in [4.69, 9.17) is 4.74 Å². The standard InChI is InChI=1S/C18H19NO2S/c1-13-3-5-14(6-4-13)11-19-17(20)12-22-18(19)15-7-9-16(21-2)10-8-15/h3-10,18H,11-12H2,1-2H3. The predicted molar refractivity (Wildman–Crippen MR) is 89.9 cm³/mol. The predicted octanol–water partition coefficient (Wildman–Crippen LogP) is 3.78. The molecule has 1 heterocycles. The molecule has 0 aromatic heterocycles. The summed E-state index contributed by atoms with van der Waals surface area (Å²) in [4.78, 5) is 14.2. The van der Waals surface area contributed by atoms with Crippen molar-refractivity contribution in [3.05, 3.63) is 65.2 Å². The van der Waals surface area contributed by atoms with E-state index < -0.39 is 0 Å². The molecule has 2 aromatic rings. The summed E-state index contributed by atoms with van der Waals surface area (Å²) in [6.45, 7) is 2.73. The number of carbonyl (C=O) groups is 1. The zero-order valence-corrected chi connectivity index (χ0v) is 13.6. The van der Waals surface area contributed by atoms with Crippen LogP contribution in [0, 0.1) is 6.92 Å². The van der Waals surface area contributed by atoms with Crippen molar-refractivity contribution >= 4 is 17.7 Å². The second-order valence-corrected chi connectivity index (χ2v) is 6.51. The molecular weight excluding hydrogens is 294 g/mol. The lowest BCUT2D eigenvalue weighted by Gasteiger charge is -2.24. The molecule has 22 heavy (non-hydrogen) atoms. The Hall–Kier alpha value is -1.94. The molecule has 0 spiro atoms. The normalized spacial score (nSPS) is 17.8. The first-order valence-electron chi connectivity index (χ1n) is 7.28. The maximum atomic E-state index is 12.2. The summed E-state index contributed by atoms with van der Waals surface area (Å²) in [7, 11) is 1.66. The lowest BCUT2D eigenvalue weighted by Crippen LogP contribution is -2.27. The second kappa shape index (κ2) is 6.44. The first-order chi connectivity index (χ1) is 10.7. The number of amides is 1. The van der Waals surface area contributed by atoms with Crippen LogP contribution in [-0.4, -0.2) is 23.7 Å². The minimum absolute atomic E-state index is 0.0831. The van der Waals surface area contributed by atoms with Crippen LogP contribution in [-0.2, 0) is 11.3 Å². The van der Waals surface area contributed by atoms with Gasteiger partial charge >= 0.3 is 0 Å². The highest BCUT2D eigenvalue weighted by Gasteiger charge is 2.32. The van der Waals surface area contributed by atoms with Crippen molar-refractivity contribution in [1.82, 2.24) is 4.90 Å². The molecule has 0 N–H and O–H groups in total. The topological polar surface area (TPSA) is 29.5 Å². The Morgan fingerprint density at radius 1 is 1.14 bits per heavy atom. The Morgan fingerprint density at radius 3 is 2.45 bits per heavy atom. The zero-order valence-electron chi connectivity index (χ0n) is 12.8. The first kappa shape index (κ1) is 15.0. The van der Waals surface area contributed by atoms with Crippen LogP contribution in [0.1, 0.15) is 22.1 Å². The molecule has 0 saturated carbocycles. The maximum absolute atomic E-state index is 12.2. The average Bonchev–Trinajstić information content (AvgIpc) is 2.91. The molecule has 1 aliphatic heterocycles. The highest BCUT2D eigenvalue weighted by Crippen LogP contribution is 2.39. The van der Waals surface area contributed by atoms with Crippen LogP contribution < -0.4 is 4.74 Å². The minimum atomic E-state index is 0.0831. The van der Waals surface area contributed by atoms with Gasteiger partial charge < -0.3 is 9.64 Å². The lowest BCUT2D eigenvalue weighted by molar-refractivity contribution is -0.128. The van der Waals surface area contributed by atoms with Gasteiger partial charge in [-0.2, -0.15) is 0 Å². The van der Waals surface area contributed by atoms with Gasteiger partial charge in [0.05, 0.1) is 12.9 Å². The summed E-state index contributed by atoms with van der Waals surface area (Å²) in [5.41, 5.74) is 3.54. The molecule has 0 aliphatic carbocycles. The van der Waals surface area contributed by atoms with E-state index in [2.05, 4.69) is 31.2 Å². The molecule has 0 radical (unpaired) electrons. The fourth-order valence-electron chi connectivity index (χ4n) is 2.56. The number of thioether (sulfide) groups is 1. The Balaban J connectivity index is 1.80. The van der Waals surface area contributed by atoms with Gasteiger partial charge in [-0.1, -0.05) is 42.0 Å². The molecule has 1 atom stereocenters. The van der Waals surface area contributed by atoms with Crippen LogP contribution >= 0.6 is 11.8 Å². The van der Waals surface area contributed by atoms with Crippen LogP contribution in [0.2, 0.25) is 0 Å². The maximum Gasteiger partial charge on any atom is 0.234 e. The number of ether oxygens (including phenoxy) is 1. The van der Waals surface area contributed by atoms with Crippen molar-refractivity contribution in [2.24, 2.45) is 0 Å². The highest BCUT2D eigenvalue weighted by atomic mass is 32.2. The number of hydrogen-bond donors (Lipinski definition) is 0. The summed E-state index contributed by atoms with van der Waals surface area (Å²) in [6, 6.07) is 16.3. The number of carbonyl (C=O) groups excluding carboxylic acids is 1. The summed E-state index contributed by atoms with van der Waals surface area (Å²) in [6.07, 6.45) is 0. The van der Waals surface area contributed by atoms with E-state index in [0.29, 0.717) is 12.3 Å². The van der Waals surface area contributed by atoms with E-state index in [9.17, 15) is 4.79 Å². The van der Waals surface area contributed by atoms with Crippen molar-refractivity contribution in [1.29, 1.82) is 0 Å². The van der Waals surface area contributed by atoms with Crippen molar-refractivity contribution in [3.8, 4) is 5.75 Å². The molecule has 2 aromatic carbocycles. The fraction of sp³-hybridized carbons (Fsp3) is 0.278. The van der Waals surface area contributed by atoms with E-state index in [1.807, 2.05) is 29.2 Å². The van der Waals surface area contributed by atoms with E-state index in [1.165, 1.54) is 11.1 Å². The number of methoxy groups -OCH3 is 1. The number of rotatable bonds is 4. The van der Waals surface area contributed by atoms with Crippen molar-refractivity contribution in [2.75, 3.05) is 12.9 Å². The number of aryl methyl sites for hydroxylation is 1. The monoisotopic (exact) mass is 313 g/mol. The third-order valence-corrected chi connectivity index (χ3v) is 5.10. The summed E-state index contributed by atoms with van der Waals surface area (Å²) in [5, 5.41) is 0.0831. The molecule has 3 nitrogen and oxygen atoms in total. The van der Waals surface area contributed by atoms with Gasteiger partial charge in [-0.25, -0.2) is 0 Å². The van der Waals surface area contributed by atoms with Gasteiger partial charge in [0.1, 0.15) is 11.1 Å². The van der Waals surface area contributed by atoms with Gasteiger partial charge in [0.25, 0.3) is 0 Å². The third-order valence-electron chi connectivity index (χ3n) is 3.84. The number of nitrogens with zero attached hydrogens (tertiary/aromatic N) is 1. The summed E-state index contributed by atoms with van der Waals surface area (Å²) in [5.74, 6) is 1.58. The smallest absolute Gasteiger partial charge is 0.234 e. The molecule has 114 valence electrons. The van der Waals surface area contributed by atoms with Gasteiger partial charge in [0.15, 0.2) is 0 Å². The SMILES string of the molecule is COc1ccc(C2SCC(=O)N2Cc2ccc(C)cc2)cc1. The van der Waals surface area contributed by atoms with Crippen LogP contribution in [0.15, 0.2) is 48.5 Å². The lowest BCUT2D eigenvalue weighted by atomic mass is 10.1. The minimum Gasteiger partial charge on any atom is -0.497 e. The summed E-state index contributed by atoms with van der Waals surface area (Å²) >= 11 is 1.68. The quantitative estimate of drug-likeness (QED) is 0.860. The van der Waals surface area contributed by atoms with Gasteiger partial charge in [-0.15, -0.1) is 11.8 Å². The molecule has 1 fully saturated rings. The highest BCUT2D eigenvalue weighted by molar-refractivity contribution is 8.00. The molecule has 1 unspecified atom stereocenters. The van der Waals surface area contributed by atoms with Crippen molar-refractivity contribution in [3.63, 3.8) is 0 Å². The number of benzene rings is 2. The fourth-order valence-corrected chi connectivity index (χ4v) is 3.75. The Labute approximate surface area is 135 Å². The first-order valence-corrected chi connectivity index (χ1v) is 8.33. The third kappa shape index (κ3) is 3.12. The van der Waals surface area contributed by atoms with E-state index >= 15 is 0 Å². The van der Waals surface area contributed by atoms with Crippen LogP contribution in [0.5, 0.6) is 5.75 Å². The average molecular weight is 313 g/mol. The van der Waals surface area contributed by atoms with Crippen molar-refractivity contribution < 1.29 is 9.53 Å². The molecule has 4 heteroatoms. The Bertz CT molecular complexity index is 652. The largest absolute Gasteiger partial charge is 0.497 e. The van der Waals surface area contributed by atoms with E-state index in [1.54, 1.807) is 18.9 Å². The van der Waals surface area contributed by atoms with Gasteiger partial charge in [-0.05, 0) is 30.2 Å². The van der Waals surface area contributed by atoms with E-state index in [-0.39, 0.29) is 11.3 Å². The molecule has 1 aliphatic rings.